The highest BCUT2D eigenvalue weighted by Crippen LogP contribution is 2.26. The van der Waals surface area contributed by atoms with Crippen molar-refractivity contribution in [1.82, 2.24) is 10.2 Å². The molecule has 0 spiro atoms. The van der Waals surface area contributed by atoms with E-state index < -0.39 is 0 Å². The van der Waals surface area contributed by atoms with Crippen LogP contribution in [0.3, 0.4) is 0 Å². The number of rotatable bonds is 3. The average Bonchev–Trinajstić information content (AvgIpc) is 2.40. The Hall–Kier alpha value is -1.86. The fourth-order valence-electron chi connectivity index (χ4n) is 1.48. The molecule has 2 aromatic rings. The third-order valence-electron chi connectivity index (χ3n) is 2.52. The SMILES string of the molecule is CC(C)c1ccc(Sc2ccc(C#N)nn2)cc1. The van der Waals surface area contributed by atoms with Crippen LogP contribution in [0.1, 0.15) is 31.0 Å². The van der Waals surface area contributed by atoms with Crippen molar-refractivity contribution in [1.29, 1.82) is 5.26 Å². The van der Waals surface area contributed by atoms with Gasteiger partial charge in [-0.3, -0.25) is 0 Å². The van der Waals surface area contributed by atoms with Crippen molar-refractivity contribution in [2.24, 2.45) is 0 Å². The van der Waals surface area contributed by atoms with Crippen LogP contribution in [0.25, 0.3) is 0 Å². The van der Waals surface area contributed by atoms with E-state index in [0.29, 0.717) is 11.6 Å². The second-order valence-corrected chi connectivity index (χ2v) is 5.29. The molecule has 4 heteroatoms. The molecular weight excluding hydrogens is 242 g/mol. The molecular formula is C14H13N3S. The summed E-state index contributed by atoms with van der Waals surface area (Å²) in [7, 11) is 0. The van der Waals surface area contributed by atoms with Gasteiger partial charge in [-0.05, 0) is 35.7 Å². The summed E-state index contributed by atoms with van der Waals surface area (Å²) in [6, 6.07) is 13.9. The first-order chi connectivity index (χ1) is 8.69. The standard InChI is InChI=1S/C14H13N3S/c1-10(2)11-3-6-13(7-4-11)18-14-8-5-12(9-15)16-17-14/h3-8,10H,1-2H3. The number of nitriles is 1. The van der Waals surface area contributed by atoms with Gasteiger partial charge < -0.3 is 0 Å². The van der Waals surface area contributed by atoms with Gasteiger partial charge in [0.15, 0.2) is 5.69 Å². The van der Waals surface area contributed by atoms with Gasteiger partial charge in [-0.1, -0.05) is 37.7 Å². The largest absolute Gasteiger partial charge is 0.191 e. The second kappa shape index (κ2) is 5.65. The van der Waals surface area contributed by atoms with Crippen LogP contribution in [-0.2, 0) is 0 Å². The molecule has 0 aliphatic carbocycles. The summed E-state index contributed by atoms with van der Waals surface area (Å²) < 4.78 is 0. The van der Waals surface area contributed by atoms with Crippen LogP contribution >= 0.6 is 11.8 Å². The van der Waals surface area contributed by atoms with Crippen molar-refractivity contribution in [2.75, 3.05) is 0 Å². The molecule has 1 aromatic carbocycles. The molecule has 3 nitrogen and oxygen atoms in total. The molecule has 0 bridgehead atoms. The van der Waals surface area contributed by atoms with Gasteiger partial charge in [0.2, 0.25) is 0 Å². The lowest BCUT2D eigenvalue weighted by Crippen LogP contribution is -1.89. The van der Waals surface area contributed by atoms with Crippen molar-refractivity contribution < 1.29 is 0 Å². The minimum atomic E-state index is 0.342. The van der Waals surface area contributed by atoms with Gasteiger partial charge >= 0.3 is 0 Å². The Morgan fingerprint density at radius 3 is 2.28 bits per heavy atom. The third kappa shape index (κ3) is 3.08. The highest BCUT2D eigenvalue weighted by Gasteiger charge is 2.02. The van der Waals surface area contributed by atoms with Gasteiger partial charge in [0.05, 0.1) is 0 Å². The molecule has 0 atom stereocenters. The lowest BCUT2D eigenvalue weighted by atomic mass is 10.0. The van der Waals surface area contributed by atoms with Gasteiger partial charge in [0, 0.05) is 4.90 Å². The lowest BCUT2D eigenvalue weighted by Gasteiger charge is -2.06. The molecule has 2 rings (SSSR count). The minimum absolute atomic E-state index is 0.342. The molecule has 0 aliphatic rings. The Kier molecular flexibility index (Phi) is 3.96. The van der Waals surface area contributed by atoms with Crippen molar-refractivity contribution in [3.05, 3.63) is 47.7 Å². The van der Waals surface area contributed by atoms with E-state index in [-0.39, 0.29) is 0 Å². The number of hydrogen-bond acceptors (Lipinski definition) is 4. The summed E-state index contributed by atoms with van der Waals surface area (Å²) in [5.74, 6) is 0.541. The number of hydrogen-bond donors (Lipinski definition) is 0. The number of nitrogens with zero attached hydrogens (tertiary/aromatic N) is 3. The van der Waals surface area contributed by atoms with Crippen LogP contribution in [-0.4, -0.2) is 10.2 Å². The predicted octanol–water partition coefficient (Wildman–Crippen LogP) is 3.62. The Labute approximate surface area is 111 Å². The highest BCUT2D eigenvalue weighted by molar-refractivity contribution is 7.99. The minimum Gasteiger partial charge on any atom is -0.191 e. The molecule has 90 valence electrons. The molecule has 0 fully saturated rings. The summed E-state index contributed by atoms with van der Waals surface area (Å²) in [4.78, 5) is 1.12. The molecule has 1 aromatic heterocycles. The zero-order chi connectivity index (χ0) is 13.0. The first kappa shape index (κ1) is 12.6. The van der Waals surface area contributed by atoms with Gasteiger partial charge in [0.25, 0.3) is 0 Å². The topological polar surface area (TPSA) is 49.6 Å². The Morgan fingerprint density at radius 1 is 1.06 bits per heavy atom. The van der Waals surface area contributed by atoms with Crippen molar-refractivity contribution in [3.63, 3.8) is 0 Å². The van der Waals surface area contributed by atoms with Crippen molar-refractivity contribution in [2.45, 2.75) is 29.7 Å². The summed E-state index contributed by atoms with van der Waals surface area (Å²) in [6.07, 6.45) is 0. The van der Waals surface area contributed by atoms with Gasteiger partial charge in [0.1, 0.15) is 11.1 Å². The van der Waals surface area contributed by atoms with Crippen LogP contribution in [0, 0.1) is 11.3 Å². The van der Waals surface area contributed by atoms with Crippen LogP contribution in [0.2, 0.25) is 0 Å². The summed E-state index contributed by atoms with van der Waals surface area (Å²) in [6.45, 7) is 4.35. The fourth-order valence-corrected chi connectivity index (χ4v) is 2.21. The average molecular weight is 255 g/mol. The summed E-state index contributed by atoms with van der Waals surface area (Å²) >= 11 is 1.54. The quantitative estimate of drug-likeness (QED) is 0.840. The van der Waals surface area contributed by atoms with E-state index in [0.717, 1.165) is 9.92 Å². The lowest BCUT2D eigenvalue weighted by molar-refractivity contribution is 0.864. The molecule has 18 heavy (non-hydrogen) atoms. The number of benzene rings is 1. The van der Waals surface area contributed by atoms with E-state index >= 15 is 0 Å². The van der Waals surface area contributed by atoms with Crippen molar-refractivity contribution in [3.8, 4) is 6.07 Å². The highest BCUT2D eigenvalue weighted by atomic mass is 32.2. The van der Waals surface area contributed by atoms with E-state index in [1.54, 1.807) is 17.8 Å². The smallest absolute Gasteiger partial charge is 0.163 e. The fraction of sp³-hybridized carbons (Fsp3) is 0.214. The van der Waals surface area contributed by atoms with Crippen LogP contribution in [0.15, 0.2) is 46.3 Å². The van der Waals surface area contributed by atoms with Gasteiger partial charge in [-0.15, -0.1) is 10.2 Å². The van der Waals surface area contributed by atoms with E-state index in [1.165, 1.54) is 5.56 Å². The molecule has 0 aliphatic heterocycles. The maximum absolute atomic E-state index is 8.64. The van der Waals surface area contributed by atoms with Crippen LogP contribution in [0.4, 0.5) is 0 Å². The maximum Gasteiger partial charge on any atom is 0.163 e. The van der Waals surface area contributed by atoms with Crippen molar-refractivity contribution >= 4 is 11.8 Å². The zero-order valence-electron chi connectivity index (χ0n) is 10.3. The second-order valence-electron chi connectivity index (χ2n) is 4.19. The molecule has 0 radical (unpaired) electrons. The van der Waals surface area contributed by atoms with E-state index in [9.17, 15) is 0 Å². The van der Waals surface area contributed by atoms with E-state index in [4.69, 9.17) is 5.26 Å². The molecule has 0 amide bonds. The molecule has 0 saturated carbocycles. The third-order valence-corrected chi connectivity index (χ3v) is 3.46. The maximum atomic E-state index is 8.64. The Morgan fingerprint density at radius 2 is 1.78 bits per heavy atom. The van der Waals surface area contributed by atoms with Gasteiger partial charge in [-0.25, -0.2) is 0 Å². The zero-order valence-corrected chi connectivity index (χ0v) is 11.1. The molecule has 1 heterocycles. The number of aromatic nitrogens is 2. The van der Waals surface area contributed by atoms with E-state index in [2.05, 4.69) is 48.3 Å². The Balaban J connectivity index is 2.11. The first-order valence-electron chi connectivity index (χ1n) is 5.70. The predicted molar refractivity (Wildman–Crippen MR) is 71.4 cm³/mol. The van der Waals surface area contributed by atoms with Gasteiger partial charge in [-0.2, -0.15) is 5.26 Å². The van der Waals surface area contributed by atoms with E-state index in [1.807, 2.05) is 12.1 Å². The summed E-state index contributed by atoms with van der Waals surface area (Å²) in [5.41, 5.74) is 1.67. The molecule has 0 N–H and O–H groups in total. The molecule has 0 saturated heterocycles. The van der Waals surface area contributed by atoms with Crippen LogP contribution < -0.4 is 0 Å². The normalized spacial score (nSPS) is 10.3. The van der Waals surface area contributed by atoms with Crippen LogP contribution in [0.5, 0.6) is 0 Å². The summed E-state index contributed by atoms with van der Waals surface area (Å²) in [5, 5.41) is 17.2. The monoisotopic (exact) mass is 255 g/mol. The molecule has 0 unspecified atom stereocenters. The first-order valence-corrected chi connectivity index (χ1v) is 6.52. The Bertz CT molecular complexity index is 553.